The summed E-state index contributed by atoms with van der Waals surface area (Å²) >= 11 is 0. The van der Waals surface area contributed by atoms with Crippen LogP contribution in [-0.2, 0) is 0 Å². The van der Waals surface area contributed by atoms with Crippen LogP contribution in [0.25, 0.3) is 16.6 Å². The number of ether oxygens (including phenoxy) is 1. The van der Waals surface area contributed by atoms with Gasteiger partial charge in [0.05, 0.1) is 12.8 Å². The highest BCUT2D eigenvalue weighted by Crippen LogP contribution is 2.31. The Hall–Kier alpha value is -3.54. The van der Waals surface area contributed by atoms with Crippen LogP contribution in [0.5, 0.6) is 5.75 Å². The molecule has 0 saturated carbocycles. The zero-order chi connectivity index (χ0) is 17.2. The molecule has 6 nitrogen and oxygen atoms in total. The van der Waals surface area contributed by atoms with Crippen molar-refractivity contribution in [2.24, 2.45) is 0 Å². The molecule has 4 aromatic rings. The van der Waals surface area contributed by atoms with E-state index in [0.717, 1.165) is 28.0 Å². The second kappa shape index (κ2) is 6.16. The average molecular weight is 331 g/mol. The van der Waals surface area contributed by atoms with Gasteiger partial charge in [-0.05, 0) is 30.3 Å². The molecule has 0 fully saturated rings. The molecule has 0 aliphatic heterocycles. The van der Waals surface area contributed by atoms with Crippen LogP contribution in [0.4, 0.5) is 17.3 Å². The van der Waals surface area contributed by atoms with Crippen molar-refractivity contribution in [1.82, 2.24) is 14.8 Å². The zero-order valence-electron chi connectivity index (χ0n) is 13.7. The third-order valence-electron chi connectivity index (χ3n) is 3.95. The fourth-order valence-corrected chi connectivity index (χ4v) is 2.77. The molecule has 2 aromatic carbocycles. The number of nitrogens with zero attached hydrogens (tertiary/aromatic N) is 3. The number of fused-ring (bicyclic) bond motifs is 1. The van der Waals surface area contributed by atoms with E-state index >= 15 is 0 Å². The van der Waals surface area contributed by atoms with Gasteiger partial charge in [-0.15, -0.1) is 5.10 Å². The van der Waals surface area contributed by atoms with Gasteiger partial charge in [-0.1, -0.05) is 24.3 Å². The Morgan fingerprint density at radius 3 is 2.68 bits per heavy atom. The predicted molar refractivity (Wildman–Crippen MR) is 99.6 cm³/mol. The topological polar surface area (TPSA) is 78.0 Å². The minimum atomic E-state index is 0.455. The van der Waals surface area contributed by atoms with Crippen molar-refractivity contribution in [2.45, 2.75) is 0 Å². The van der Waals surface area contributed by atoms with Crippen molar-refractivity contribution in [2.75, 3.05) is 18.2 Å². The molecule has 124 valence electrons. The van der Waals surface area contributed by atoms with Gasteiger partial charge >= 0.3 is 0 Å². The number of methoxy groups -OCH3 is 1. The summed E-state index contributed by atoms with van der Waals surface area (Å²) in [6.45, 7) is 0. The van der Waals surface area contributed by atoms with Gasteiger partial charge in [0.25, 0.3) is 0 Å². The summed E-state index contributed by atoms with van der Waals surface area (Å²) in [5.74, 6) is 1.90. The largest absolute Gasteiger partial charge is 0.497 e. The molecule has 0 aliphatic rings. The normalized spacial score (nSPS) is 10.8. The Morgan fingerprint density at radius 1 is 1.04 bits per heavy atom. The maximum atomic E-state index is 6.13. The van der Waals surface area contributed by atoms with E-state index in [1.807, 2.05) is 60.7 Å². The quantitative estimate of drug-likeness (QED) is 0.595. The van der Waals surface area contributed by atoms with Gasteiger partial charge < -0.3 is 15.8 Å². The van der Waals surface area contributed by atoms with E-state index in [1.54, 1.807) is 18.0 Å². The minimum Gasteiger partial charge on any atom is -0.497 e. The lowest BCUT2D eigenvalue weighted by Gasteiger charge is -2.10. The number of nitrogen functional groups attached to an aromatic ring is 1. The van der Waals surface area contributed by atoms with E-state index in [0.29, 0.717) is 11.6 Å². The first-order valence-electron chi connectivity index (χ1n) is 7.86. The van der Waals surface area contributed by atoms with Crippen molar-refractivity contribution < 1.29 is 4.74 Å². The number of para-hydroxylation sites is 1. The monoisotopic (exact) mass is 331 g/mol. The van der Waals surface area contributed by atoms with Crippen LogP contribution in [0.15, 0.2) is 66.9 Å². The number of pyridine rings is 1. The summed E-state index contributed by atoms with van der Waals surface area (Å²) in [5, 5.41) is 8.68. The summed E-state index contributed by atoms with van der Waals surface area (Å²) in [6.07, 6.45) is 1.72. The minimum absolute atomic E-state index is 0.455. The van der Waals surface area contributed by atoms with Gasteiger partial charge in [0, 0.05) is 23.3 Å². The number of anilines is 3. The van der Waals surface area contributed by atoms with E-state index in [1.165, 1.54) is 0 Å². The maximum Gasteiger partial charge on any atom is 0.157 e. The van der Waals surface area contributed by atoms with Crippen LogP contribution in [0.3, 0.4) is 0 Å². The molecule has 25 heavy (non-hydrogen) atoms. The van der Waals surface area contributed by atoms with Crippen molar-refractivity contribution in [1.29, 1.82) is 0 Å². The first-order valence-corrected chi connectivity index (χ1v) is 7.86. The van der Waals surface area contributed by atoms with E-state index in [2.05, 4.69) is 15.4 Å². The van der Waals surface area contributed by atoms with E-state index in [-0.39, 0.29) is 0 Å². The van der Waals surface area contributed by atoms with Crippen LogP contribution in [-0.4, -0.2) is 21.9 Å². The lowest BCUT2D eigenvalue weighted by atomic mass is 10.2. The molecule has 0 spiro atoms. The molecule has 0 unspecified atom stereocenters. The summed E-state index contributed by atoms with van der Waals surface area (Å²) in [7, 11) is 1.64. The summed E-state index contributed by atoms with van der Waals surface area (Å²) in [4.78, 5) is 4.49. The molecule has 0 atom stereocenters. The molecule has 6 heteroatoms. The van der Waals surface area contributed by atoms with Crippen LogP contribution in [0.2, 0.25) is 0 Å². The molecule has 0 aliphatic carbocycles. The predicted octanol–water partition coefficient (Wildman–Crippen LogP) is 3.75. The number of nitrogens with one attached hydrogen (secondary N) is 1. The third kappa shape index (κ3) is 2.74. The standard InChI is InChI=1S/C19H17N5O/c1-25-15-9-5-8-14(12-15)24-17-16(18(20)23-24)10-11-21-19(17)22-13-6-3-2-4-7-13/h2-12H,1H3,(H2,20,23)(H,21,22). The summed E-state index contributed by atoms with van der Waals surface area (Å²) < 4.78 is 7.10. The number of rotatable bonds is 4. The third-order valence-corrected chi connectivity index (χ3v) is 3.95. The highest BCUT2D eigenvalue weighted by atomic mass is 16.5. The Labute approximate surface area is 144 Å². The van der Waals surface area contributed by atoms with Gasteiger partial charge in [0.2, 0.25) is 0 Å². The Morgan fingerprint density at radius 2 is 1.88 bits per heavy atom. The lowest BCUT2D eigenvalue weighted by molar-refractivity contribution is 0.414. The Bertz CT molecular complexity index is 1030. The highest BCUT2D eigenvalue weighted by molar-refractivity contribution is 5.97. The van der Waals surface area contributed by atoms with Crippen molar-refractivity contribution in [3.05, 3.63) is 66.9 Å². The Kier molecular flexibility index (Phi) is 3.70. The second-order valence-electron chi connectivity index (χ2n) is 5.55. The maximum absolute atomic E-state index is 6.13. The molecule has 2 aromatic heterocycles. The molecular formula is C19H17N5O. The number of hydrogen-bond donors (Lipinski definition) is 2. The molecular weight excluding hydrogens is 314 g/mol. The van der Waals surface area contributed by atoms with Gasteiger partial charge in [0.15, 0.2) is 11.6 Å². The fourth-order valence-electron chi connectivity index (χ4n) is 2.77. The number of hydrogen-bond acceptors (Lipinski definition) is 5. The van der Waals surface area contributed by atoms with Crippen LogP contribution >= 0.6 is 0 Å². The molecule has 0 saturated heterocycles. The zero-order valence-corrected chi connectivity index (χ0v) is 13.7. The Balaban J connectivity index is 1.90. The van der Waals surface area contributed by atoms with Gasteiger partial charge in [-0.3, -0.25) is 0 Å². The molecule has 2 heterocycles. The lowest BCUT2D eigenvalue weighted by Crippen LogP contribution is -2.01. The summed E-state index contributed by atoms with van der Waals surface area (Å²) in [5.41, 5.74) is 8.74. The molecule has 0 amide bonds. The number of nitrogens with two attached hydrogens (primary N) is 1. The molecule has 3 N–H and O–H groups in total. The smallest absolute Gasteiger partial charge is 0.157 e. The van der Waals surface area contributed by atoms with E-state index < -0.39 is 0 Å². The van der Waals surface area contributed by atoms with Gasteiger partial charge in [0.1, 0.15) is 11.3 Å². The van der Waals surface area contributed by atoms with Crippen LogP contribution in [0.1, 0.15) is 0 Å². The first-order chi connectivity index (χ1) is 12.3. The SMILES string of the molecule is COc1cccc(-n2nc(N)c3ccnc(Nc4ccccc4)c32)c1. The van der Waals surface area contributed by atoms with Crippen molar-refractivity contribution in [3.8, 4) is 11.4 Å². The highest BCUT2D eigenvalue weighted by Gasteiger charge is 2.15. The fraction of sp³-hybridized carbons (Fsp3) is 0.0526. The van der Waals surface area contributed by atoms with Crippen molar-refractivity contribution >= 4 is 28.2 Å². The van der Waals surface area contributed by atoms with Crippen LogP contribution in [0, 0.1) is 0 Å². The van der Waals surface area contributed by atoms with E-state index in [9.17, 15) is 0 Å². The number of aromatic nitrogens is 3. The van der Waals surface area contributed by atoms with Gasteiger partial charge in [-0.25, -0.2) is 9.67 Å². The molecule has 0 radical (unpaired) electrons. The average Bonchev–Trinajstić information content (AvgIpc) is 3.01. The summed E-state index contributed by atoms with van der Waals surface area (Å²) in [6, 6.07) is 19.4. The number of benzene rings is 2. The van der Waals surface area contributed by atoms with E-state index in [4.69, 9.17) is 10.5 Å². The molecule has 4 rings (SSSR count). The molecule has 0 bridgehead atoms. The van der Waals surface area contributed by atoms with Crippen LogP contribution < -0.4 is 15.8 Å². The van der Waals surface area contributed by atoms with Crippen molar-refractivity contribution in [3.63, 3.8) is 0 Å². The van der Waals surface area contributed by atoms with Gasteiger partial charge in [-0.2, -0.15) is 0 Å². The second-order valence-corrected chi connectivity index (χ2v) is 5.55. The first kappa shape index (κ1) is 15.0.